The number of nitrogens with zero attached hydrogens (tertiary/aromatic N) is 1. The van der Waals surface area contributed by atoms with Crippen LogP contribution in [0.15, 0.2) is 24.3 Å². The molecule has 0 aromatic carbocycles. The number of thiophene rings is 1. The lowest BCUT2D eigenvalue weighted by atomic mass is 10.2. The van der Waals surface area contributed by atoms with E-state index in [0.29, 0.717) is 13.1 Å². The quantitative estimate of drug-likeness (QED) is 0.626. The molecule has 0 fully saturated rings. The van der Waals surface area contributed by atoms with Crippen molar-refractivity contribution < 1.29 is 9.53 Å². The topological polar surface area (TPSA) is 74.2 Å². The molecule has 0 aliphatic heterocycles. The summed E-state index contributed by atoms with van der Waals surface area (Å²) in [6.07, 6.45) is 3.39. The molecule has 21 heavy (non-hydrogen) atoms. The lowest BCUT2D eigenvalue weighted by molar-refractivity contribution is 0.0534. The Labute approximate surface area is 129 Å². The first-order chi connectivity index (χ1) is 9.90. The average molecular weight is 307 g/mol. The zero-order valence-corrected chi connectivity index (χ0v) is 13.4. The Balaban J connectivity index is 2.10. The summed E-state index contributed by atoms with van der Waals surface area (Å²) in [4.78, 5) is 13.2. The Kier molecular flexibility index (Phi) is 6.92. The lowest BCUT2D eigenvalue weighted by Crippen LogP contribution is -2.32. The van der Waals surface area contributed by atoms with E-state index in [2.05, 4.69) is 16.7 Å². The molecule has 1 aromatic heterocycles. The highest BCUT2D eigenvalue weighted by Gasteiger charge is 2.14. The van der Waals surface area contributed by atoms with E-state index in [1.165, 1.54) is 11.3 Å². The van der Waals surface area contributed by atoms with Crippen LogP contribution in [0.4, 0.5) is 4.79 Å². The summed E-state index contributed by atoms with van der Waals surface area (Å²) in [7, 11) is 0. The maximum Gasteiger partial charge on any atom is 0.407 e. The van der Waals surface area contributed by atoms with Gasteiger partial charge in [0.2, 0.25) is 0 Å². The van der Waals surface area contributed by atoms with Crippen LogP contribution in [0, 0.1) is 11.3 Å². The van der Waals surface area contributed by atoms with Crippen molar-refractivity contribution in [3.8, 4) is 6.07 Å². The van der Waals surface area contributed by atoms with Gasteiger partial charge in [-0.15, -0.1) is 11.3 Å². The van der Waals surface area contributed by atoms with Crippen molar-refractivity contribution >= 4 is 17.4 Å². The number of rotatable bonds is 6. The largest absolute Gasteiger partial charge is 0.444 e. The van der Waals surface area contributed by atoms with Gasteiger partial charge in [-0.05, 0) is 32.9 Å². The Morgan fingerprint density at radius 3 is 2.71 bits per heavy atom. The van der Waals surface area contributed by atoms with E-state index in [0.717, 1.165) is 16.3 Å². The normalized spacial score (nSPS) is 11.3. The molecule has 114 valence electrons. The van der Waals surface area contributed by atoms with Crippen molar-refractivity contribution in [2.45, 2.75) is 32.9 Å². The lowest BCUT2D eigenvalue weighted by Gasteiger charge is -2.19. The monoisotopic (exact) mass is 307 g/mol. The van der Waals surface area contributed by atoms with Crippen LogP contribution in [0.2, 0.25) is 0 Å². The minimum absolute atomic E-state index is 0.414. The van der Waals surface area contributed by atoms with Crippen molar-refractivity contribution in [2.75, 3.05) is 13.1 Å². The maximum atomic E-state index is 11.4. The molecule has 0 aliphatic rings. The van der Waals surface area contributed by atoms with Gasteiger partial charge in [-0.3, -0.25) is 0 Å². The number of carbonyl (C=O) groups is 1. The Hall–Kier alpha value is -1.84. The van der Waals surface area contributed by atoms with E-state index in [9.17, 15) is 4.79 Å². The summed E-state index contributed by atoms with van der Waals surface area (Å²) < 4.78 is 5.11. The number of nitrogens with one attached hydrogen (secondary N) is 2. The molecule has 6 heteroatoms. The van der Waals surface area contributed by atoms with E-state index in [-0.39, 0.29) is 0 Å². The number of hydrogen-bond acceptors (Lipinski definition) is 5. The van der Waals surface area contributed by atoms with Gasteiger partial charge in [0.1, 0.15) is 16.5 Å². The van der Waals surface area contributed by atoms with Gasteiger partial charge in [0.25, 0.3) is 0 Å². The van der Waals surface area contributed by atoms with Gasteiger partial charge in [-0.1, -0.05) is 12.2 Å². The number of carbonyl (C=O) groups excluding carboxylic acids is 1. The highest BCUT2D eigenvalue weighted by atomic mass is 32.1. The van der Waals surface area contributed by atoms with Crippen LogP contribution in [-0.4, -0.2) is 24.8 Å². The van der Waals surface area contributed by atoms with Crippen LogP contribution in [0.5, 0.6) is 0 Å². The van der Waals surface area contributed by atoms with Crippen LogP contribution >= 0.6 is 11.3 Å². The predicted octanol–water partition coefficient (Wildman–Crippen LogP) is 2.79. The molecule has 1 rings (SSSR count). The number of hydrogen-bond donors (Lipinski definition) is 2. The second-order valence-electron chi connectivity index (χ2n) is 5.36. The molecule has 1 amide bonds. The summed E-state index contributed by atoms with van der Waals surface area (Å²) >= 11 is 1.49. The Bertz CT molecular complexity index is 524. The summed E-state index contributed by atoms with van der Waals surface area (Å²) in [6.45, 7) is 7.36. The maximum absolute atomic E-state index is 11.4. The molecule has 0 aliphatic carbocycles. The van der Waals surface area contributed by atoms with Crippen LogP contribution in [-0.2, 0) is 11.3 Å². The van der Waals surface area contributed by atoms with Crippen molar-refractivity contribution in [3.05, 3.63) is 34.0 Å². The zero-order chi connectivity index (χ0) is 15.7. The minimum atomic E-state index is -0.474. The number of amides is 1. The van der Waals surface area contributed by atoms with Crippen molar-refractivity contribution in [1.82, 2.24) is 10.6 Å². The standard InChI is InChI=1S/C15H21N3O2S/c1-15(2,3)20-14(19)18-9-5-4-8-17-11-13-7-6-12(10-16)21-13/h4-7,17H,8-9,11H2,1-3H3,(H,18,19)/b5-4+. The van der Waals surface area contributed by atoms with Gasteiger partial charge in [-0.25, -0.2) is 4.79 Å². The molecule has 0 atom stereocenters. The number of alkyl carbamates (subject to hydrolysis) is 1. The van der Waals surface area contributed by atoms with E-state index in [1.807, 2.05) is 45.1 Å². The molecule has 0 radical (unpaired) electrons. The zero-order valence-electron chi connectivity index (χ0n) is 12.6. The highest BCUT2D eigenvalue weighted by molar-refractivity contribution is 7.12. The average Bonchev–Trinajstić information content (AvgIpc) is 2.83. The molecular weight excluding hydrogens is 286 g/mol. The third-order valence-corrected chi connectivity index (χ3v) is 3.25. The van der Waals surface area contributed by atoms with Gasteiger partial charge in [0, 0.05) is 24.5 Å². The molecule has 1 aromatic rings. The second kappa shape index (κ2) is 8.45. The van der Waals surface area contributed by atoms with Gasteiger partial charge in [0.05, 0.1) is 0 Å². The fourth-order valence-corrected chi connectivity index (χ4v) is 2.21. The summed E-state index contributed by atoms with van der Waals surface area (Å²) in [5.74, 6) is 0. The van der Waals surface area contributed by atoms with Gasteiger partial charge >= 0.3 is 6.09 Å². The Morgan fingerprint density at radius 1 is 1.38 bits per heavy atom. The van der Waals surface area contributed by atoms with Crippen LogP contribution in [0.25, 0.3) is 0 Å². The van der Waals surface area contributed by atoms with E-state index >= 15 is 0 Å². The summed E-state index contributed by atoms with van der Waals surface area (Å²) in [5.41, 5.74) is -0.474. The first kappa shape index (κ1) is 17.2. The van der Waals surface area contributed by atoms with Gasteiger partial charge in [0.15, 0.2) is 0 Å². The fraction of sp³-hybridized carbons (Fsp3) is 0.467. The van der Waals surface area contributed by atoms with Crippen LogP contribution < -0.4 is 10.6 Å². The van der Waals surface area contributed by atoms with Crippen molar-refractivity contribution in [3.63, 3.8) is 0 Å². The smallest absolute Gasteiger partial charge is 0.407 e. The molecule has 0 spiro atoms. The van der Waals surface area contributed by atoms with Gasteiger partial charge < -0.3 is 15.4 Å². The summed E-state index contributed by atoms with van der Waals surface area (Å²) in [5, 5.41) is 14.6. The molecule has 0 unspecified atom stereocenters. The third kappa shape index (κ3) is 8.12. The predicted molar refractivity (Wildman–Crippen MR) is 84.1 cm³/mol. The molecule has 0 bridgehead atoms. The van der Waals surface area contributed by atoms with E-state index in [1.54, 1.807) is 0 Å². The molecule has 1 heterocycles. The summed E-state index contributed by atoms with van der Waals surface area (Å²) in [6, 6.07) is 5.89. The first-order valence-electron chi connectivity index (χ1n) is 6.72. The number of nitriles is 1. The number of ether oxygens (including phenoxy) is 1. The first-order valence-corrected chi connectivity index (χ1v) is 7.54. The SMILES string of the molecule is CC(C)(C)OC(=O)NC/C=C/CNCc1ccc(C#N)s1. The van der Waals surface area contributed by atoms with Gasteiger partial charge in [-0.2, -0.15) is 5.26 Å². The highest BCUT2D eigenvalue weighted by Crippen LogP contribution is 2.14. The fourth-order valence-electron chi connectivity index (χ4n) is 1.43. The van der Waals surface area contributed by atoms with E-state index in [4.69, 9.17) is 10.00 Å². The van der Waals surface area contributed by atoms with E-state index < -0.39 is 11.7 Å². The molecule has 5 nitrogen and oxygen atoms in total. The second-order valence-corrected chi connectivity index (χ2v) is 6.53. The minimum Gasteiger partial charge on any atom is -0.444 e. The molecule has 2 N–H and O–H groups in total. The third-order valence-electron chi connectivity index (χ3n) is 2.26. The molecular formula is C15H21N3O2S. The molecule has 0 saturated heterocycles. The Morgan fingerprint density at radius 2 is 2.10 bits per heavy atom. The molecule has 0 saturated carbocycles. The van der Waals surface area contributed by atoms with Crippen LogP contribution in [0.3, 0.4) is 0 Å². The van der Waals surface area contributed by atoms with Crippen LogP contribution in [0.1, 0.15) is 30.5 Å². The van der Waals surface area contributed by atoms with Crippen molar-refractivity contribution in [2.24, 2.45) is 0 Å². The van der Waals surface area contributed by atoms with Crippen molar-refractivity contribution in [1.29, 1.82) is 5.26 Å².